The Kier molecular flexibility index (Phi) is 7.31. The second kappa shape index (κ2) is 10.6. The van der Waals surface area contributed by atoms with Gasteiger partial charge in [0, 0.05) is 68.7 Å². The smallest absolute Gasteiger partial charge is 0.258 e. The number of fused-ring (bicyclic) bond motifs is 1. The van der Waals surface area contributed by atoms with Crippen LogP contribution in [0.1, 0.15) is 15.9 Å². The lowest BCUT2D eigenvalue weighted by atomic mass is 10.0. The second-order valence-corrected chi connectivity index (χ2v) is 10.2. The molecule has 190 valence electrons. The van der Waals surface area contributed by atoms with Crippen LogP contribution in [0.25, 0.3) is 22.0 Å². The van der Waals surface area contributed by atoms with Gasteiger partial charge in [-0.25, -0.2) is 0 Å². The summed E-state index contributed by atoms with van der Waals surface area (Å²) in [4.78, 5) is 35.1. The summed E-state index contributed by atoms with van der Waals surface area (Å²) in [5.41, 5.74) is 3.26. The van der Waals surface area contributed by atoms with Crippen LogP contribution < -0.4 is 10.9 Å². The van der Waals surface area contributed by atoms with Crippen molar-refractivity contribution in [1.82, 2.24) is 19.4 Å². The van der Waals surface area contributed by atoms with Gasteiger partial charge >= 0.3 is 0 Å². The molecule has 9 heteroatoms. The lowest BCUT2D eigenvalue weighted by Crippen LogP contribution is -2.43. The molecule has 0 atom stereocenters. The maximum Gasteiger partial charge on any atom is 0.258 e. The molecule has 0 saturated carbocycles. The average molecular weight is 536 g/mol. The normalized spacial score (nSPS) is 14.7. The highest BCUT2D eigenvalue weighted by atomic mass is 35.5. The standard InChI is InChI=1S/C28H27Cl2N5O2/c1-33-11-13-35(14-12-33)17-18-3-5-19(6-4-18)27(36)32-23-8-7-22(29)25(26(23)30)21-15-20-16-31-10-9-24(20)34(2)28(21)37/h3-10,15-16H,11-14,17H2,1-2H3,(H,32,36). The van der Waals surface area contributed by atoms with E-state index in [-0.39, 0.29) is 16.5 Å². The van der Waals surface area contributed by atoms with Gasteiger partial charge in [0.05, 0.1) is 26.8 Å². The minimum Gasteiger partial charge on any atom is -0.321 e. The maximum atomic E-state index is 13.2. The highest BCUT2D eigenvalue weighted by Crippen LogP contribution is 2.39. The van der Waals surface area contributed by atoms with Crippen molar-refractivity contribution in [2.75, 3.05) is 38.5 Å². The van der Waals surface area contributed by atoms with Gasteiger partial charge in [0.1, 0.15) is 0 Å². The molecule has 1 saturated heterocycles. The Hall–Kier alpha value is -3.23. The number of carbonyl (C=O) groups excluding carboxylic acids is 1. The van der Waals surface area contributed by atoms with Crippen LogP contribution in [-0.2, 0) is 13.6 Å². The minimum atomic E-state index is -0.295. The van der Waals surface area contributed by atoms with Crippen molar-refractivity contribution in [1.29, 1.82) is 0 Å². The van der Waals surface area contributed by atoms with Gasteiger partial charge in [0.2, 0.25) is 0 Å². The zero-order valence-electron chi connectivity index (χ0n) is 20.7. The Balaban J connectivity index is 1.38. The van der Waals surface area contributed by atoms with E-state index in [0.717, 1.165) is 49.2 Å². The molecular formula is C28H27Cl2N5O2. The lowest BCUT2D eigenvalue weighted by Gasteiger charge is -2.32. The first-order chi connectivity index (χ1) is 17.8. The van der Waals surface area contributed by atoms with E-state index in [9.17, 15) is 9.59 Å². The largest absolute Gasteiger partial charge is 0.321 e. The topological polar surface area (TPSA) is 70.5 Å². The number of nitrogens with one attached hydrogen (secondary N) is 1. The number of amides is 1. The van der Waals surface area contributed by atoms with Gasteiger partial charge in [-0.1, -0.05) is 35.3 Å². The number of pyridine rings is 2. The van der Waals surface area contributed by atoms with Crippen LogP contribution in [0, 0.1) is 0 Å². The molecule has 2 aromatic heterocycles. The number of nitrogens with zero attached hydrogens (tertiary/aromatic N) is 4. The number of hydrogen-bond acceptors (Lipinski definition) is 5. The van der Waals surface area contributed by atoms with E-state index in [1.165, 1.54) is 4.57 Å². The van der Waals surface area contributed by atoms with Crippen molar-refractivity contribution >= 4 is 45.7 Å². The summed E-state index contributed by atoms with van der Waals surface area (Å²) < 4.78 is 1.54. The van der Waals surface area contributed by atoms with Crippen LogP contribution in [0.2, 0.25) is 10.0 Å². The van der Waals surface area contributed by atoms with Crippen molar-refractivity contribution in [3.8, 4) is 11.1 Å². The average Bonchev–Trinajstić information content (AvgIpc) is 2.90. The second-order valence-electron chi connectivity index (χ2n) is 9.37. The number of carbonyl (C=O) groups is 1. The third kappa shape index (κ3) is 5.26. The fraction of sp³-hybridized carbons (Fsp3) is 0.250. The molecule has 1 amide bonds. The van der Waals surface area contributed by atoms with E-state index in [0.29, 0.717) is 27.4 Å². The molecule has 0 spiro atoms. The molecule has 4 aromatic rings. The van der Waals surface area contributed by atoms with Crippen LogP contribution in [0.15, 0.2) is 65.7 Å². The number of likely N-dealkylation sites (N-methyl/N-ethyl adjacent to an activating group) is 1. The van der Waals surface area contributed by atoms with Crippen molar-refractivity contribution in [2.45, 2.75) is 6.54 Å². The van der Waals surface area contributed by atoms with Crippen molar-refractivity contribution in [2.24, 2.45) is 7.05 Å². The van der Waals surface area contributed by atoms with Gasteiger partial charge in [-0.3, -0.25) is 19.5 Å². The summed E-state index contributed by atoms with van der Waals surface area (Å²) in [7, 11) is 3.83. The first-order valence-electron chi connectivity index (χ1n) is 12.0. The van der Waals surface area contributed by atoms with Crippen molar-refractivity contribution < 1.29 is 4.79 Å². The molecular weight excluding hydrogens is 509 g/mol. The molecule has 2 aromatic carbocycles. The van der Waals surface area contributed by atoms with Gasteiger partial charge in [0.15, 0.2) is 0 Å². The molecule has 1 aliphatic rings. The molecule has 1 fully saturated rings. The number of halogens is 2. The third-order valence-electron chi connectivity index (χ3n) is 6.85. The third-order valence-corrected chi connectivity index (χ3v) is 7.56. The number of benzene rings is 2. The Morgan fingerprint density at radius 1 is 1.00 bits per heavy atom. The molecule has 0 unspecified atom stereocenters. The molecule has 0 bridgehead atoms. The number of rotatable bonds is 5. The molecule has 3 heterocycles. The highest BCUT2D eigenvalue weighted by molar-refractivity contribution is 6.41. The molecule has 37 heavy (non-hydrogen) atoms. The molecule has 0 aliphatic carbocycles. The SMILES string of the molecule is CN1CCN(Cc2ccc(C(=O)Nc3ccc(Cl)c(-c4cc5cnccc5n(C)c4=O)c3Cl)cc2)CC1. The summed E-state index contributed by atoms with van der Waals surface area (Å²) in [6.45, 7) is 5.05. The monoisotopic (exact) mass is 535 g/mol. The molecule has 1 N–H and O–H groups in total. The molecule has 5 rings (SSSR count). The van der Waals surface area contributed by atoms with Gasteiger partial charge in [-0.2, -0.15) is 0 Å². The number of aromatic nitrogens is 2. The van der Waals surface area contributed by atoms with Crippen LogP contribution in [-0.4, -0.2) is 58.5 Å². The van der Waals surface area contributed by atoms with Gasteiger partial charge in [-0.15, -0.1) is 0 Å². The fourth-order valence-electron chi connectivity index (χ4n) is 4.62. The Morgan fingerprint density at radius 2 is 1.73 bits per heavy atom. The summed E-state index contributed by atoms with van der Waals surface area (Å²) in [6, 6.07) is 14.4. The number of aryl methyl sites for hydroxylation is 1. The number of anilines is 1. The van der Waals surface area contributed by atoms with Crippen LogP contribution in [0.4, 0.5) is 5.69 Å². The summed E-state index contributed by atoms with van der Waals surface area (Å²) >= 11 is 13.2. The zero-order chi connectivity index (χ0) is 26.1. The Morgan fingerprint density at radius 3 is 2.46 bits per heavy atom. The van der Waals surface area contributed by atoms with Crippen LogP contribution >= 0.6 is 23.2 Å². The zero-order valence-corrected chi connectivity index (χ0v) is 22.2. The molecule has 7 nitrogen and oxygen atoms in total. The maximum absolute atomic E-state index is 13.2. The van der Waals surface area contributed by atoms with E-state index in [1.54, 1.807) is 43.7 Å². The predicted octanol–water partition coefficient (Wildman–Crippen LogP) is 4.91. The number of piperazine rings is 1. The Labute approximate surface area is 225 Å². The van der Waals surface area contributed by atoms with Crippen LogP contribution in [0.5, 0.6) is 0 Å². The summed E-state index contributed by atoms with van der Waals surface area (Å²) in [5, 5.41) is 4.17. The van der Waals surface area contributed by atoms with Crippen molar-refractivity contribution in [3.63, 3.8) is 0 Å². The first kappa shape index (κ1) is 25.4. The van der Waals surface area contributed by atoms with Gasteiger partial charge in [0.25, 0.3) is 11.5 Å². The lowest BCUT2D eigenvalue weighted by molar-refractivity contribution is 0.102. The van der Waals surface area contributed by atoms with Gasteiger partial charge < -0.3 is 14.8 Å². The number of hydrogen-bond donors (Lipinski definition) is 1. The van der Waals surface area contributed by atoms with Crippen molar-refractivity contribution in [3.05, 3.63) is 92.5 Å². The van der Waals surface area contributed by atoms with Gasteiger partial charge in [-0.05, 0) is 49.0 Å². The summed E-state index contributed by atoms with van der Waals surface area (Å²) in [5.74, 6) is -0.295. The van der Waals surface area contributed by atoms with E-state index in [4.69, 9.17) is 23.2 Å². The van der Waals surface area contributed by atoms with E-state index < -0.39 is 0 Å². The van der Waals surface area contributed by atoms with E-state index >= 15 is 0 Å². The minimum absolute atomic E-state index is 0.202. The van der Waals surface area contributed by atoms with E-state index in [2.05, 4.69) is 27.1 Å². The molecule has 1 aliphatic heterocycles. The quantitative estimate of drug-likeness (QED) is 0.393. The predicted molar refractivity (Wildman–Crippen MR) is 150 cm³/mol. The van der Waals surface area contributed by atoms with E-state index in [1.807, 2.05) is 24.3 Å². The highest BCUT2D eigenvalue weighted by Gasteiger charge is 2.20. The van der Waals surface area contributed by atoms with Crippen LogP contribution in [0.3, 0.4) is 0 Å². The fourth-order valence-corrected chi connectivity index (χ4v) is 5.24. The Bertz CT molecular complexity index is 1530. The summed E-state index contributed by atoms with van der Waals surface area (Å²) in [6.07, 6.45) is 3.32. The first-order valence-corrected chi connectivity index (χ1v) is 12.8. The molecule has 0 radical (unpaired) electrons.